The largest absolute Gasteiger partial charge is 0.416 e. The number of likely N-dealkylation sites (N-methyl/N-ethyl adjacent to an activating group) is 1. The molecule has 30 heavy (non-hydrogen) atoms. The van der Waals surface area contributed by atoms with E-state index in [1.54, 1.807) is 18.2 Å². The van der Waals surface area contributed by atoms with Crippen LogP contribution in [0.4, 0.5) is 18.9 Å². The molecule has 1 heterocycles. The first-order valence-corrected chi connectivity index (χ1v) is 10.8. The van der Waals surface area contributed by atoms with Gasteiger partial charge >= 0.3 is 6.18 Å². The number of hydrogen-bond acceptors (Lipinski definition) is 3. The Morgan fingerprint density at radius 3 is 2.57 bits per heavy atom. The molecular formula is C22H25F3IN3O. The molecule has 1 fully saturated rings. The fraction of sp³-hybridized carbons (Fsp3) is 0.409. The highest BCUT2D eigenvalue weighted by Crippen LogP contribution is 2.35. The molecule has 3 rings (SSSR count). The van der Waals surface area contributed by atoms with E-state index in [9.17, 15) is 18.0 Å². The first-order valence-electron chi connectivity index (χ1n) is 9.71. The molecular weight excluding hydrogens is 506 g/mol. The maximum Gasteiger partial charge on any atom is 0.416 e. The highest BCUT2D eigenvalue weighted by Gasteiger charge is 2.35. The van der Waals surface area contributed by atoms with Crippen molar-refractivity contribution < 1.29 is 18.0 Å². The van der Waals surface area contributed by atoms with E-state index in [0.717, 1.165) is 34.7 Å². The Morgan fingerprint density at radius 1 is 1.23 bits per heavy atom. The molecule has 0 bridgehead atoms. The first kappa shape index (κ1) is 23.0. The lowest BCUT2D eigenvalue weighted by Crippen LogP contribution is -2.31. The third-order valence-corrected chi connectivity index (χ3v) is 6.64. The Labute approximate surface area is 188 Å². The minimum atomic E-state index is -4.49. The summed E-state index contributed by atoms with van der Waals surface area (Å²) in [4.78, 5) is 16.6. The standard InChI is InChI=1S/C22H25F3IN3O/c1-14-4-5-15(10-20(14)26)21(30)27-17-7-6-16(19(11-17)22(23,24)25)12-29-9-8-18(13-29)28(2)3/h4-7,10-11,18H,8-9,12-13H2,1-3H3,(H,27,30). The van der Waals surface area contributed by atoms with E-state index in [2.05, 4.69) is 32.8 Å². The second-order valence-electron chi connectivity index (χ2n) is 7.93. The summed E-state index contributed by atoms with van der Waals surface area (Å²) in [5, 5.41) is 2.60. The number of aryl methyl sites for hydroxylation is 1. The van der Waals surface area contributed by atoms with E-state index >= 15 is 0 Å². The fourth-order valence-electron chi connectivity index (χ4n) is 3.61. The highest BCUT2D eigenvalue weighted by atomic mass is 127. The predicted molar refractivity (Wildman–Crippen MR) is 121 cm³/mol. The highest BCUT2D eigenvalue weighted by molar-refractivity contribution is 14.1. The summed E-state index contributed by atoms with van der Waals surface area (Å²) < 4.78 is 42.1. The van der Waals surface area contributed by atoms with Crippen LogP contribution in [0.25, 0.3) is 0 Å². The Kier molecular flexibility index (Phi) is 7.09. The number of carbonyl (C=O) groups excluding carboxylic acids is 1. The van der Waals surface area contributed by atoms with Gasteiger partial charge in [0.25, 0.3) is 5.91 Å². The molecule has 0 aliphatic carbocycles. The number of nitrogens with zero attached hydrogens (tertiary/aromatic N) is 2. The molecule has 4 nitrogen and oxygen atoms in total. The summed E-state index contributed by atoms with van der Waals surface area (Å²) in [7, 11) is 3.98. The number of amides is 1. The van der Waals surface area contributed by atoms with Crippen molar-refractivity contribution in [3.63, 3.8) is 0 Å². The molecule has 1 unspecified atom stereocenters. The van der Waals surface area contributed by atoms with Crippen molar-refractivity contribution >= 4 is 34.2 Å². The Hall–Kier alpha value is -1.65. The SMILES string of the molecule is Cc1ccc(C(=O)Nc2ccc(CN3CCC(N(C)C)C3)c(C(F)(F)F)c2)cc1I. The molecule has 162 valence electrons. The summed E-state index contributed by atoms with van der Waals surface area (Å²) in [5.74, 6) is -0.429. The van der Waals surface area contributed by atoms with Crippen LogP contribution in [-0.2, 0) is 12.7 Å². The van der Waals surface area contributed by atoms with Gasteiger partial charge in [0.1, 0.15) is 0 Å². The zero-order valence-electron chi connectivity index (χ0n) is 17.2. The lowest BCUT2D eigenvalue weighted by molar-refractivity contribution is -0.138. The number of likely N-dealkylation sites (tertiary alicyclic amines) is 1. The molecule has 0 aromatic heterocycles. The normalized spacial score (nSPS) is 17.5. The predicted octanol–water partition coefficient (Wildman–Crippen LogP) is 5.01. The van der Waals surface area contributed by atoms with Crippen molar-refractivity contribution in [1.29, 1.82) is 0 Å². The van der Waals surface area contributed by atoms with E-state index in [1.807, 2.05) is 32.0 Å². The summed E-state index contributed by atoms with van der Waals surface area (Å²) >= 11 is 2.13. The van der Waals surface area contributed by atoms with Crippen molar-refractivity contribution in [3.05, 3.63) is 62.2 Å². The zero-order chi connectivity index (χ0) is 22.1. The van der Waals surface area contributed by atoms with Crippen LogP contribution in [0.2, 0.25) is 0 Å². The van der Waals surface area contributed by atoms with Crippen molar-refractivity contribution in [3.8, 4) is 0 Å². The van der Waals surface area contributed by atoms with Crippen LogP contribution < -0.4 is 5.32 Å². The second-order valence-corrected chi connectivity index (χ2v) is 9.09. The van der Waals surface area contributed by atoms with Crippen molar-refractivity contribution in [2.75, 3.05) is 32.5 Å². The molecule has 2 aromatic carbocycles. The molecule has 0 spiro atoms. The van der Waals surface area contributed by atoms with Crippen LogP contribution in [0, 0.1) is 10.5 Å². The van der Waals surface area contributed by atoms with Crippen LogP contribution in [0.1, 0.15) is 33.5 Å². The Morgan fingerprint density at radius 2 is 1.97 bits per heavy atom. The van der Waals surface area contributed by atoms with Gasteiger partial charge in [-0.2, -0.15) is 13.2 Å². The third kappa shape index (κ3) is 5.53. The van der Waals surface area contributed by atoms with Gasteiger partial charge < -0.3 is 10.2 Å². The molecule has 1 N–H and O–H groups in total. The Bertz CT molecular complexity index is 930. The number of alkyl halides is 3. The van der Waals surface area contributed by atoms with Gasteiger partial charge in [-0.05, 0) is 85.4 Å². The quantitative estimate of drug-likeness (QED) is 0.552. The van der Waals surface area contributed by atoms with Gasteiger partial charge in [0, 0.05) is 40.5 Å². The van der Waals surface area contributed by atoms with Crippen LogP contribution in [0.3, 0.4) is 0 Å². The molecule has 0 saturated carbocycles. The number of nitrogens with one attached hydrogen (secondary N) is 1. The van der Waals surface area contributed by atoms with E-state index in [1.165, 1.54) is 6.07 Å². The average Bonchev–Trinajstić information content (AvgIpc) is 3.13. The number of rotatable bonds is 5. The number of halogens is 4. The maximum absolute atomic E-state index is 13.7. The van der Waals surface area contributed by atoms with Gasteiger partial charge in [-0.3, -0.25) is 9.69 Å². The molecule has 2 aromatic rings. The lowest BCUT2D eigenvalue weighted by Gasteiger charge is -2.22. The van der Waals surface area contributed by atoms with E-state index in [-0.39, 0.29) is 17.8 Å². The summed E-state index contributed by atoms with van der Waals surface area (Å²) in [6.45, 7) is 3.68. The first-order chi connectivity index (χ1) is 14.0. The summed E-state index contributed by atoms with van der Waals surface area (Å²) in [6, 6.07) is 9.61. The molecule has 1 aliphatic heterocycles. The second kappa shape index (κ2) is 9.23. The molecule has 1 saturated heterocycles. The zero-order valence-corrected chi connectivity index (χ0v) is 19.3. The summed E-state index contributed by atoms with van der Waals surface area (Å²) in [5.41, 5.74) is 1.11. The third-order valence-electron chi connectivity index (χ3n) is 5.48. The molecule has 1 amide bonds. The number of benzene rings is 2. The van der Waals surface area contributed by atoms with Crippen molar-refractivity contribution in [2.24, 2.45) is 0 Å². The van der Waals surface area contributed by atoms with Crippen molar-refractivity contribution in [2.45, 2.75) is 32.1 Å². The van der Waals surface area contributed by atoms with Gasteiger partial charge in [0.05, 0.1) is 5.56 Å². The van der Waals surface area contributed by atoms with E-state index < -0.39 is 17.6 Å². The Balaban J connectivity index is 1.79. The van der Waals surface area contributed by atoms with Crippen LogP contribution in [0.15, 0.2) is 36.4 Å². The monoisotopic (exact) mass is 531 g/mol. The maximum atomic E-state index is 13.7. The van der Waals surface area contributed by atoms with E-state index in [4.69, 9.17) is 0 Å². The minimum Gasteiger partial charge on any atom is -0.322 e. The molecule has 1 atom stereocenters. The van der Waals surface area contributed by atoms with Gasteiger partial charge in [-0.15, -0.1) is 0 Å². The van der Waals surface area contributed by atoms with Gasteiger partial charge in [0.2, 0.25) is 0 Å². The molecule has 1 aliphatic rings. The number of hydrogen-bond donors (Lipinski definition) is 1. The minimum absolute atomic E-state index is 0.138. The average molecular weight is 531 g/mol. The smallest absolute Gasteiger partial charge is 0.322 e. The fourth-order valence-corrected chi connectivity index (χ4v) is 4.13. The molecule has 8 heteroatoms. The number of anilines is 1. The molecule has 0 radical (unpaired) electrons. The van der Waals surface area contributed by atoms with Crippen LogP contribution in [0.5, 0.6) is 0 Å². The topological polar surface area (TPSA) is 35.6 Å². The van der Waals surface area contributed by atoms with Crippen LogP contribution in [-0.4, -0.2) is 48.9 Å². The van der Waals surface area contributed by atoms with Crippen molar-refractivity contribution in [1.82, 2.24) is 9.80 Å². The van der Waals surface area contributed by atoms with Gasteiger partial charge in [0.15, 0.2) is 0 Å². The van der Waals surface area contributed by atoms with E-state index in [0.29, 0.717) is 11.6 Å². The summed E-state index contributed by atoms with van der Waals surface area (Å²) in [6.07, 6.45) is -3.55. The van der Waals surface area contributed by atoms with Crippen LogP contribution >= 0.6 is 22.6 Å². The number of carbonyl (C=O) groups is 1. The van der Waals surface area contributed by atoms with Gasteiger partial charge in [-0.25, -0.2) is 0 Å². The lowest BCUT2D eigenvalue weighted by atomic mass is 10.0. The van der Waals surface area contributed by atoms with Gasteiger partial charge in [-0.1, -0.05) is 12.1 Å².